The van der Waals surface area contributed by atoms with E-state index in [4.69, 9.17) is 25.2 Å². The Morgan fingerprint density at radius 2 is 1.17 bits per heavy atom. The third-order valence-electron chi connectivity index (χ3n) is 0.302. The number of carboxylic acids is 2. The van der Waals surface area contributed by atoms with E-state index in [0.29, 0.717) is 0 Å². The third-order valence-corrected chi connectivity index (χ3v) is 0.302. The number of rotatable bonds is 2. The normalized spacial score (nSPS) is 6.67. The van der Waals surface area contributed by atoms with Gasteiger partial charge < -0.3 is 25.2 Å². The average Bonchev–Trinajstić information content (AvgIpc) is 1.56. The van der Waals surface area contributed by atoms with Gasteiger partial charge in [-0.3, -0.25) is 9.59 Å². The molecule has 0 aromatic heterocycles. The molecule has 0 aliphatic heterocycles. The Kier molecular flexibility index (Phi) is 14.8. The Hall–Kier alpha value is -0.790. The van der Waals surface area contributed by atoms with Crippen LogP contribution in [0.3, 0.4) is 0 Å². The molecule has 0 rings (SSSR count). The maximum Gasteiger partial charge on any atom is 1.00 e. The van der Waals surface area contributed by atoms with Crippen molar-refractivity contribution in [1.29, 1.82) is 0 Å². The van der Waals surface area contributed by atoms with E-state index in [-0.39, 0.29) is 29.6 Å². The zero-order valence-electron chi connectivity index (χ0n) is 6.18. The summed E-state index contributed by atoms with van der Waals surface area (Å²) in [5.41, 5.74) is 0. The van der Waals surface area contributed by atoms with Crippen LogP contribution in [0.4, 0.5) is 4.79 Å². The van der Waals surface area contributed by atoms with Crippen molar-refractivity contribution < 1.29 is 64.4 Å². The van der Waals surface area contributed by atoms with E-state index in [1.54, 1.807) is 0 Å². The maximum atomic E-state index is 9.43. The van der Waals surface area contributed by atoms with Crippen LogP contribution < -0.4 is 34.7 Å². The molecule has 0 saturated heterocycles. The summed E-state index contributed by atoms with van der Waals surface area (Å²) in [4.78, 5) is 27.3. The van der Waals surface area contributed by atoms with E-state index < -0.39 is 24.5 Å². The van der Waals surface area contributed by atoms with E-state index in [2.05, 4.69) is 0 Å². The number of hydrogen-bond donors (Lipinski definition) is 3. The van der Waals surface area contributed by atoms with Crippen LogP contribution in [-0.2, 0) is 9.59 Å². The van der Waals surface area contributed by atoms with Crippen molar-refractivity contribution in [2.24, 2.45) is 0 Å². The third kappa shape index (κ3) is 60.2. The molecule has 0 unspecified atom stereocenters. The van der Waals surface area contributed by atoms with Gasteiger partial charge >= 0.3 is 41.5 Å². The topological polar surface area (TPSA) is 135 Å². The molecule has 0 radical (unpaired) electrons. The zero-order chi connectivity index (χ0) is 9.44. The summed E-state index contributed by atoms with van der Waals surface area (Å²) in [6.45, 7) is 0. The Balaban J connectivity index is -0.000000142. The molecule has 8 heteroatoms. The monoisotopic (exact) mass is 188 g/mol. The first-order chi connectivity index (χ1) is 4.86. The second kappa shape index (κ2) is 10.2. The van der Waals surface area contributed by atoms with E-state index >= 15 is 0 Å². The molecule has 3 N–H and O–H groups in total. The first-order valence-corrected chi connectivity index (χ1v) is 2.19. The molecule has 12 heavy (non-hydrogen) atoms. The standard InChI is InChI=1S/C3H4O4.CH2O3.Na/c4-2(5)1-3(6)7;2-1(3)4;/h1H2,(H,4,5)(H,6,7);(H2,2,3,4);/q;;+1/p-1. The molecule has 7 nitrogen and oxygen atoms in total. The molecule has 0 heterocycles. The van der Waals surface area contributed by atoms with Crippen LogP contribution in [0.5, 0.6) is 0 Å². The fraction of sp³-hybridized carbons (Fsp3) is 0.250. The molecule has 0 aliphatic rings. The molecule has 0 saturated carbocycles. The van der Waals surface area contributed by atoms with Gasteiger partial charge in [0, 0.05) is 0 Å². The summed E-state index contributed by atoms with van der Waals surface area (Å²) in [5, 5.41) is 30.7. The number of carbonyl (C=O) groups is 3. The predicted octanol–water partition coefficient (Wildman–Crippen LogP) is -4.56. The van der Waals surface area contributed by atoms with Crippen LogP contribution in [0.2, 0.25) is 0 Å². The van der Waals surface area contributed by atoms with Gasteiger partial charge in [-0.1, -0.05) is 0 Å². The summed E-state index contributed by atoms with van der Waals surface area (Å²) < 4.78 is 0. The maximum absolute atomic E-state index is 9.43. The fourth-order valence-electron chi connectivity index (χ4n) is 0.129. The molecule has 0 bridgehead atoms. The summed E-state index contributed by atoms with van der Waals surface area (Å²) in [6, 6.07) is 0. The number of carboxylic acid groups (broad SMARTS) is 4. The summed E-state index contributed by atoms with van der Waals surface area (Å²) in [6.07, 6.45) is -2.89. The van der Waals surface area contributed by atoms with E-state index in [1.807, 2.05) is 0 Å². The number of aliphatic carboxylic acids is 2. The number of hydrogen-bond acceptors (Lipinski definition) is 4. The van der Waals surface area contributed by atoms with Crippen LogP contribution in [0.15, 0.2) is 0 Å². The molecule has 0 amide bonds. The molecule has 0 spiro atoms. The molecule has 0 aliphatic carbocycles. The molecular formula is C4H5NaO7. The quantitative estimate of drug-likeness (QED) is 0.293. The van der Waals surface area contributed by atoms with Crippen LogP contribution in [0.1, 0.15) is 6.42 Å². The second-order valence-electron chi connectivity index (χ2n) is 1.23. The van der Waals surface area contributed by atoms with Crippen LogP contribution in [0, 0.1) is 0 Å². The average molecular weight is 188 g/mol. The van der Waals surface area contributed by atoms with E-state index in [1.165, 1.54) is 0 Å². The Morgan fingerprint density at radius 1 is 1.00 bits per heavy atom. The van der Waals surface area contributed by atoms with Gasteiger partial charge in [0.2, 0.25) is 6.16 Å². The van der Waals surface area contributed by atoms with Crippen molar-refractivity contribution in [3.05, 3.63) is 0 Å². The van der Waals surface area contributed by atoms with Crippen molar-refractivity contribution in [2.45, 2.75) is 6.42 Å². The van der Waals surface area contributed by atoms with Crippen molar-refractivity contribution in [1.82, 2.24) is 0 Å². The minimum atomic E-state index is -2.08. The van der Waals surface area contributed by atoms with Crippen molar-refractivity contribution in [3.63, 3.8) is 0 Å². The summed E-state index contributed by atoms with van der Waals surface area (Å²) >= 11 is 0. The first-order valence-electron chi connectivity index (χ1n) is 2.19. The van der Waals surface area contributed by atoms with Crippen LogP contribution >= 0.6 is 0 Å². The van der Waals surface area contributed by atoms with E-state index in [0.717, 1.165) is 0 Å². The van der Waals surface area contributed by atoms with Crippen molar-refractivity contribution in [3.8, 4) is 0 Å². The Labute approximate surface area is 88.9 Å². The minimum absolute atomic E-state index is 0. The molecule has 0 aromatic rings. The Morgan fingerprint density at radius 3 is 1.17 bits per heavy atom. The second-order valence-corrected chi connectivity index (χ2v) is 1.23. The van der Waals surface area contributed by atoms with Gasteiger partial charge in [0.05, 0.1) is 0 Å². The first kappa shape index (κ1) is 17.3. The van der Waals surface area contributed by atoms with Gasteiger partial charge in [0.1, 0.15) is 6.42 Å². The van der Waals surface area contributed by atoms with Gasteiger partial charge in [-0.05, 0) is 0 Å². The van der Waals surface area contributed by atoms with Gasteiger partial charge in [0.25, 0.3) is 0 Å². The van der Waals surface area contributed by atoms with Gasteiger partial charge in [-0.2, -0.15) is 0 Å². The van der Waals surface area contributed by atoms with Crippen LogP contribution in [-0.4, -0.2) is 33.4 Å². The molecule has 64 valence electrons. The molecular weight excluding hydrogens is 183 g/mol. The van der Waals surface area contributed by atoms with Crippen LogP contribution in [0.25, 0.3) is 0 Å². The summed E-state index contributed by atoms with van der Waals surface area (Å²) in [5.74, 6) is -2.62. The van der Waals surface area contributed by atoms with Gasteiger partial charge in [-0.25, -0.2) is 0 Å². The fourth-order valence-corrected chi connectivity index (χ4v) is 0.129. The molecule has 0 atom stereocenters. The SMILES string of the molecule is O=C(O)CC(=O)O.O=C([O-])O.[Na+]. The van der Waals surface area contributed by atoms with E-state index in [9.17, 15) is 9.59 Å². The summed E-state index contributed by atoms with van der Waals surface area (Å²) in [7, 11) is 0. The zero-order valence-corrected chi connectivity index (χ0v) is 8.18. The molecule has 0 aromatic carbocycles. The van der Waals surface area contributed by atoms with Crippen molar-refractivity contribution >= 4 is 18.1 Å². The molecule has 0 fully saturated rings. The predicted molar refractivity (Wildman–Crippen MR) is 27.9 cm³/mol. The smallest absolute Gasteiger partial charge is 0.565 e. The van der Waals surface area contributed by atoms with Gasteiger partial charge in [0.15, 0.2) is 0 Å². The largest absolute Gasteiger partial charge is 1.00 e. The van der Waals surface area contributed by atoms with Gasteiger partial charge in [-0.15, -0.1) is 0 Å². The minimum Gasteiger partial charge on any atom is -0.565 e. The Bertz CT molecular complexity index is 149. The van der Waals surface area contributed by atoms with Crippen molar-refractivity contribution in [2.75, 3.05) is 0 Å².